The number of hydrogen-bond acceptors (Lipinski definition) is 8. The minimum atomic E-state index is 0. The first-order chi connectivity index (χ1) is 14.4. The zero-order valence-corrected chi connectivity index (χ0v) is 20.6. The maximum atomic E-state index is 11.5. The van der Waals surface area contributed by atoms with Crippen LogP contribution >= 0.6 is 39.9 Å². The maximum Gasteiger partial charge on any atom is 0.219 e. The first-order valence-corrected chi connectivity index (χ1v) is 11.2. The van der Waals surface area contributed by atoms with Crippen molar-refractivity contribution < 1.29 is 9.53 Å². The van der Waals surface area contributed by atoms with E-state index in [2.05, 4.69) is 40.7 Å². The van der Waals surface area contributed by atoms with Crippen LogP contribution in [0.2, 0.25) is 0 Å². The molecule has 9 nitrogen and oxygen atoms in total. The van der Waals surface area contributed by atoms with Gasteiger partial charge in [0.15, 0.2) is 17.3 Å². The van der Waals surface area contributed by atoms with Gasteiger partial charge in [-0.1, -0.05) is 0 Å². The van der Waals surface area contributed by atoms with Crippen LogP contribution in [0.3, 0.4) is 0 Å². The Labute approximate surface area is 198 Å². The average Bonchev–Trinajstić information content (AvgIpc) is 3.32. The van der Waals surface area contributed by atoms with Crippen molar-refractivity contribution >= 4 is 56.7 Å². The van der Waals surface area contributed by atoms with Gasteiger partial charge in [-0.15, -0.1) is 12.4 Å². The van der Waals surface area contributed by atoms with Crippen LogP contribution in [0, 0.1) is 6.92 Å². The summed E-state index contributed by atoms with van der Waals surface area (Å²) in [6.45, 7) is 5.05. The molecule has 31 heavy (non-hydrogen) atoms. The van der Waals surface area contributed by atoms with E-state index in [0.29, 0.717) is 22.4 Å². The van der Waals surface area contributed by atoms with Crippen LogP contribution in [0.25, 0.3) is 0 Å². The van der Waals surface area contributed by atoms with Crippen LogP contribution < -0.4 is 10.1 Å². The molecule has 1 N–H and O–H groups in total. The van der Waals surface area contributed by atoms with Gasteiger partial charge in [-0.05, 0) is 35.7 Å². The van der Waals surface area contributed by atoms with E-state index in [1.807, 2.05) is 24.9 Å². The van der Waals surface area contributed by atoms with Gasteiger partial charge in [0.1, 0.15) is 5.82 Å². The normalized spacial score (nSPS) is 14.3. The van der Waals surface area contributed by atoms with Crippen LogP contribution in [0.1, 0.15) is 37.2 Å². The number of likely N-dealkylation sites (tertiary alicyclic amines) is 1. The van der Waals surface area contributed by atoms with E-state index in [1.165, 1.54) is 11.5 Å². The summed E-state index contributed by atoms with van der Waals surface area (Å²) in [4.78, 5) is 22.5. The largest absolute Gasteiger partial charge is 0.450 e. The summed E-state index contributed by atoms with van der Waals surface area (Å²) in [6.07, 6.45) is 5.13. The summed E-state index contributed by atoms with van der Waals surface area (Å²) in [7, 11) is 1.87. The fourth-order valence-electron chi connectivity index (χ4n) is 3.29. The molecule has 1 aliphatic heterocycles. The topological polar surface area (TPSA) is 98.1 Å². The van der Waals surface area contributed by atoms with Crippen molar-refractivity contribution in [3.05, 3.63) is 34.5 Å². The molecular formula is C19H23BrClN7O2S. The van der Waals surface area contributed by atoms with Crippen molar-refractivity contribution in [2.45, 2.75) is 32.6 Å². The van der Waals surface area contributed by atoms with Gasteiger partial charge >= 0.3 is 0 Å². The highest BCUT2D eigenvalue weighted by atomic mass is 79.9. The van der Waals surface area contributed by atoms with Gasteiger partial charge in [0, 0.05) is 61.2 Å². The quantitative estimate of drug-likeness (QED) is 0.523. The summed E-state index contributed by atoms with van der Waals surface area (Å²) in [5.41, 5.74) is 0.913. The van der Waals surface area contributed by atoms with Gasteiger partial charge in [-0.3, -0.25) is 9.48 Å². The Bertz CT molecular complexity index is 1070. The number of carbonyl (C=O) groups excluding carboxylic acids is 1. The Morgan fingerprint density at radius 1 is 1.29 bits per heavy atom. The van der Waals surface area contributed by atoms with Crippen molar-refractivity contribution in [2.75, 3.05) is 18.4 Å². The molecule has 0 aromatic carbocycles. The molecular weight excluding hydrogens is 506 g/mol. The number of pyridine rings is 1. The summed E-state index contributed by atoms with van der Waals surface area (Å²) in [5, 5.41) is 8.10. The Morgan fingerprint density at radius 2 is 2.03 bits per heavy atom. The Hall–Kier alpha value is -2.24. The summed E-state index contributed by atoms with van der Waals surface area (Å²) < 4.78 is 13.1. The fourth-order valence-corrected chi connectivity index (χ4v) is 4.25. The molecule has 1 amide bonds. The molecule has 0 unspecified atom stereocenters. The monoisotopic (exact) mass is 527 g/mol. The van der Waals surface area contributed by atoms with E-state index in [1.54, 1.807) is 24.0 Å². The third kappa shape index (κ3) is 5.34. The van der Waals surface area contributed by atoms with E-state index in [9.17, 15) is 4.79 Å². The number of nitrogens with one attached hydrogen (secondary N) is 1. The van der Waals surface area contributed by atoms with E-state index in [-0.39, 0.29) is 24.2 Å². The lowest BCUT2D eigenvalue weighted by Crippen LogP contribution is -2.36. The zero-order chi connectivity index (χ0) is 21.3. The van der Waals surface area contributed by atoms with Crippen molar-refractivity contribution in [3.8, 4) is 11.5 Å². The number of halogens is 2. The van der Waals surface area contributed by atoms with Crippen LogP contribution in [-0.2, 0) is 11.8 Å². The Morgan fingerprint density at radius 3 is 2.68 bits per heavy atom. The number of hydrogen-bond donors (Lipinski definition) is 1. The summed E-state index contributed by atoms with van der Waals surface area (Å²) in [6, 6.07) is 1.85. The Balaban J connectivity index is 0.00000272. The predicted octanol–water partition coefficient (Wildman–Crippen LogP) is 4.42. The molecule has 1 fully saturated rings. The molecule has 0 saturated carbocycles. The average molecular weight is 529 g/mol. The number of nitrogens with zero attached hydrogens (tertiary/aromatic N) is 6. The van der Waals surface area contributed by atoms with Gasteiger partial charge in [0.2, 0.25) is 11.0 Å². The highest BCUT2D eigenvalue weighted by molar-refractivity contribution is 9.10. The third-order valence-electron chi connectivity index (χ3n) is 5.20. The van der Waals surface area contributed by atoms with Crippen molar-refractivity contribution in [1.82, 2.24) is 29.0 Å². The molecule has 3 aromatic rings. The molecule has 1 aliphatic rings. The second-order valence-corrected chi connectivity index (χ2v) is 8.85. The molecule has 166 valence electrons. The van der Waals surface area contributed by atoms with Crippen molar-refractivity contribution in [2.24, 2.45) is 7.05 Å². The molecule has 4 heterocycles. The predicted molar refractivity (Wildman–Crippen MR) is 125 cm³/mol. The minimum absolute atomic E-state index is 0. The second-order valence-electron chi connectivity index (χ2n) is 7.18. The molecule has 0 atom stereocenters. The first-order valence-electron chi connectivity index (χ1n) is 9.59. The number of aryl methyl sites for hydroxylation is 1. The number of ether oxygens (including phenoxy) is 1. The van der Waals surface area contributed by atoms with E-state index in [4.69, 9.17) is 4.74 Å². The molecule has 3 aromatic heterocycles. The van der Waals surface area contributed by atoms with E-state index >= 15 is 0 Å². The number of anilines is 2. The van der Waals surface area contributed by atoms with Crippen molar-refractivity contribution in [3.63, 3.8) is 0 Å². The van der Waals surface area contributed by atoms with Crippen LogP contribution in [-0.4, -0.2) is 48.0 Å². The van der Waals surface area contributed by atoms with Crippen LogP contribution in [0.4, 0.5) is 10.9 Å². The smallest absolute Gasteiger partial charge is 0.219 e. The molecule has 0 aliphatic carbocycles. The molecule has 4 rings (SSSR count). The van der Waals surface area contributed by atoms with Crippen LogP contribution in [0.5, 0.6) is 11.5 Å². The number of amides is 1. The van der Waals surface area contributed by atoms with Crippen LogP contribution in [0.15, 0.2) is 22.9 Å². The lowest BCUT2D eigenvalue weighted by Gasteiger charge is -2.29. The second kappa shape index (κ2) is 9.92. The fraction of sp³-hybridized carbons (Fsp3) is 0.421. The van der Waals surface area contributed by atoms with Gasteiger partial charge in [-0.25, -0.2) is 9.97 Å². The van der Waals surface area contributed by atoms with Crippen molar-refractivity contribution in [1.29, 1.82) is 0 Å². The number of rotatable bonds is 5. The lowest BCUT2D eigenvalue weighted by molar-refractivity contribution is -0.129. The first kappa shape index (κ1) is 23.4. The molecule has 0 spiro atoms. The van der Waals surface area contributed by atoms with Gasteiger partial charge in [0.25, 0.3) is 0 Å². The maximum absolute atomic E-state index is 11.5. The van der Waals surface area contributed by atoms with E-state index in [0.717, 1.165) is 41.9 Å². The third-order valence-corrected chi connectivity index (χ3v) is 6.28. The highest BCUT2D eigenvalue weighted by Gasteiger charge is 2.25. The van der Waals surface area contributed by atoms with Gasteiger partial charge in [0.05, 0.1) is 11.9 Å². The summed E-state index contributed by atoms with van der Waals surface area (Å²) >= 11 is 4.74. The molecule has 12 heteroatoms. The Kier molecular flexibility index (Phi) is 7.50. The minimum Gasteiger partial charge on any atom is -0.450 e. The standard InChI is InChI=1S/C19H22BrN7O2S.ClH/c1-11-16(10-22-26(11)3)29-15-8-14(20)9-21-18(15)24-19-23-17(25-30-19)13-4-6-27(7-5-13)12(2)28;/h8-10,13H,4-7H2,1-3H3,(H,21,23,24,25);1H. The van der Waals surface area contributed by atoms with Gasteiger partial charge < -0.3 is 15.0 Å². The SMILES string of the molecule is CC(=O)N1CCC(c2nsc(Nc3ncc(Br)cc3Oc3cnn(C)c3C)n2)CC1.Cl. The highest BCUT2D eigenvalue weighted by Crippen LogP contribution is 2.35. The lowest BCUT2D eigenvalue weighted by atomic mass is 9.96. The number of aromatic nitrogens is 5. The molecule has 0 radical (unpaired) electrons. The number of carbonyl (C=O) groups is 1. The number of piperidine rings is 1. The molecule has 1 saturated heterocycles. The molecule has 0 bridgehead atoms. The van der Waals surface area contributed by atoms with Gasteiger partial charge in [-0.2, -0.15) is 9.47 Å². The summed E-state index contributed by atoms with van der Waals surface area (Å²) in [5.74, 6) is 2.98. The zero-order valence-electron chi connectivity index (χ0n) is 17.3. The van der Waals surface area contributed by atoms with E-state index < -0.39 is 0 Å².